The van der Waals surface area contributed by atoms with Gasteiger partial charge in [0.2, 0.25) is 0 Å². The van der Waals surface area contributed by atoms with Crippen molar-refractivity contribution in [3.63, 3.8) is 0 Å². The second-order valence-electron chi connectivity index (χ2n) is 6.58. The molecule has 0 unspecified atom stereocenters. The monoisotopic (exact) mass is 368 g/mol. The van der Waals surface area contributed by atoms with Crippen molar-refractivity contribution in [3.8, 4) is 5.75 Å². The molecular formula is C24H20N2O2. The number of aliphatic imine (C=N–C) groups is 1. The smallest absolute Gasteiger partial charge is 0.282 e. The standard InChI is InChI=1S/C24H20N2O2/c1-17-8-12-20(13-9-17)26-23(19-6-4-3-5-7-19)25-22(24(26)27)16-18-10-14-21(28-2)15-11-18/h3-16H,1-2H3. The molecule has 4 rings (SSSR count). The van der Waals surface area contributed by atoms with Gasteiger partial charge in [-0.2, -0.15) is 0 Å². The summed E-state index contributed by atoms with van der Waals surface area (Å²) in [5, 5.41) is 0. The van der Waals surface area contributed by atoms with E-state index in [-0.39, 0.29) is 5.91 Å². The Morgan fingerprint density at radius 3 is 2.21 bits per heavy atom. The summed E-state index contributed by atoms with van der Waals surface area (Å²) in [6.45, 7) is 2.02. The van der Waals surface area contributed by atoms with E-state index in [1.54, 1.807) is 18.1 Å². The van der Waals surface area contributed by atoms with Crippen molar-refractivity contribution in [2.24, 2.45) is 4.99 Å². The number of aryl methyl sites for hydroxylation is 1. The number of ether oxygens (including phenoxy) is 1. The van der Waals surface area contributed by atoms with Crippen molar-refractivity contribution < 1.29 is 9.53 Å². The van der Waals surface area contributed by atoms with Crippen molar-refractivity contribution >= 4 is 23.5 Å². The number of amides is 1. The Bertz CT molecular complexity index is 1050. The Morgan fingerprint density at radius 1 is 0.893 bits per heavy atom. The molecule has 138 valence electrons. The summed E-state index contributed by atoms with van der Waals surface area (Å²) in [6.07, 6.45) is 1.80. The average molecular weight is 368 g/mol. The molecule has 28 heavy (non-hydrogen) atoms. The van der Waals surface area contributed by atoms with Crippen LogP contribution in [-0.2, 0) is 4.79 Å². The SMILES string of the molecule is COc1ccc(C=C2N=C(c3ccccc3)N(c3ccc(C)cc3)C2=O)cc1. The number of methoxy groups -OCH3 is 1. The van der Waals surface area contributed by atoms with E-state index in [2.05, 4.69) is 4.99 Å². The molecule has 0 atom stereocenters. The number of rotatable bonds is 4. The fourth-order valence-electron chi connectivity index (χ4n) is 3.09. The highest BCUT2D eigenvalue weighted by Crippen LogP contribution is 2.28. The Morgan fingerprint density at radius 2 is 1.57 bits per heavy atom. The molecule has 0 spiro atoms. The van der Waals surface area contributed by atoms with Gasteiger partial charge >= 0.3 is 0 Å². The summed E-state index contributed by atoms with van der Waals surface area (Å²) in [5.41, 5.74) is 4.14. The molecule has 4 nitrogen and oxygen atoms in total. The summed E-state index contributed by atoms with van der Waals surface area (Å²) in [6, 6.07) is 25.2. The summed E-state index contributed by atoms with van der Waals surface area (Å²) in [4.78, 5) is 19.6. The second kappa shape index (κ2) is 7.53. The third-order valence-corrected chi connectivity index (χ3v) is 4.60. The van der Waals surface area contributed by atoms with Crippen LogP contribution in [0.15, 0.2) is 89.6 Å². The number of benzene rings is 3. The first kappa shape index (κ1) is 17.7. The van der Waals surface area contributed by atoms with Gasteiger partial charge in [-0.15, -0.1) is 0 Å². The lowest BCUT2D eigenvalue weighted by Gasteiger charge is -2.18. The summed E-state index contributed by atoms with van der Waals surface area (Å²) in [7, 11) is 1.63. The van der Waals surface area contributed by atoms with Crippen LogP contribution in [-0.4, -0.2) is 18.9 Å². The van der Waals surface area contributed by atoms with Crippen molar-refractivity contribution in [2.75, 3.05) is 12.0 Å². The highest BCUT2D eigenvalue weighted by Gasteiger charge is 2.32. The van der Waals surface area contributed by atoms with Gasteiger partial charge in [-0.05, 0) is 42.8 Å². The second-order valence-corrected chi connectivity index (χ2v) is 6.58. The lowest BCUT2D eigenvalue weighted by Crippen LogP contribution is -2.32. The van der Waals surface area contributed by atoms with Crippen LogP contribution in [0.5, 0.6) is 5.75 Å². The Hall–Kier alpha value is -3.66. The predicted molar refractivity (Wildman–Crippen MR) is 113 cm³/mol. The maximum atomic E-state index is 13.2. The fourth-order valence-corrected chi connectivity index (χ4v) is 3.09. The number of carbonyl (C=O) groups is 1. The van der Waals surface area contributed by atoms with Crippen LogP contribution in [0.2, 0.25) is 0 Å². The van der Waals surface area contributed by atoms with Crippen LogP contribution < -0.4 is 9.64 Å². The number of amidine groups is 1. The minimum Gasteiger partial charge on any atom is -0.497 e. The third kappa shape index (κ3) is 3.45. The van der Waals surface area contributed by atoms with Crippen LogP contribution in [0.1, 0.15) is 16.7 Å². The first-order valence-electron chi connectivity index (χ1n) is 9.07. The van der Waals surface area contributed by atoms with Gasteiger partial charge in [0.15, 0.2) is 0 Å². The van der Waals surface area contributed by atoms with E-state index in [1.165, 1.54) is 0 Å². The van der Waals surface area contributed by atoms with E-state index in [9.17, 15) is 4.79 Å². The van der Waals surface area contributed by atoms with Crippen LogP contribution >= 0.6 is 0 Å². The topological polar surface area (TPSA) is 41.9 Å². The first-order chi connectivity index (χ1) is 13.7. The molecule has 1 amide bonds. The molecule has 1 aliphatic heterocycles. The summed E-state index contributed by atoms with van der Waals surface area (Å²) >= 11 is 0. The Kier molecular flexibility index (Phi) is 4.77. The molecule has 0 radical (unpaired) electrons. The lowest BCUT2D eigenvalue weighted by atomic mass is 10.1. The lowest BCUT2D eigenvalue weighted by molar-refractivity contribution is -0.113. The van der Waals surface area contributed by atoms with E-state index in [1.807, 2.05) is 85.8 Å². The van der Waals surface area contributed by atoms with Crippen molar-refractivity contribution in [1.29, 1.82) is 0 Å². The summed E-state index contributed by atoms with van der Waals surface area (Å²) in [5.74, 6) is 1.27. The maximum absolute atomic E-state index is 13.2. The van der Waals surface area contributed by atoms with Crippen LogP contribution in [0.3, 0.4) is 0 Å². The van der Waals surface area contributed by atoms with Gasteiger partial charge in [-0.3, -0.25) is 9.69 Å². The maximum Gasteiger partial charge on any atom is 0.282 e. The molecule has 0 aromatic heterocycles. The summed E-state index contributed by atoms with van der Waals surface area (Å²) < 4.78 is 5.20. The molecule has 4 heteroatoms. The van der Waals surface area contributed by atoms with Crippen LogP contribution in [0, 0.1) is 6.92 Å². The number of anilines is 1. The molecule has 0 fully saturated rings. The van der Waals surface area contributed by atoms with Gasteiger partial charge in [-0.25, -0.2) is 4.99 Å². The first-order valence-corrected chi connectivity index (χ1v) is 9.07. The molecule has 3 aromatic carbocycles. The average Bonchev–Trinajstić information content (AvgIpc) is 3.06. The van der Waals surface area contributed by atoms with Crippen LogP contribution in [0.25, 0.3) is 6.08 Å². The predicted octanol–water partition coefficient (Wildman–Crippen LogP) is 4.84. The van der Waals surface area contributed by atoms with E-state index in [0.717, 1.165) is 28.1 Å². The molecule has 3 aromatic rings. The molecule has 0 saturated heterocycles. The Labute approximate surface area is 164 Å². The molecule has 0 N–H and O–H groups in total. The van der Waals surface area contributed by atoms with Crippen molar-refractivity contribution in [2.45, 2.75) is 6.92 Å². The molecule has 1 heterocycles. The molecular weight excluding hydrogens is 348 g/mol. The normalized spacial score (nSPS) is 15.1. The minimum absolute atomic E-state index is 0.140. The van der Waals surface area contributed by atoms with Crippen molar-refractivity contribution in [1.82, 2.24) is 0 Å². The minimum atomic E-state index is -0.140. The third-order valence-electron chi connectivity index (χ3n) is 4.60. The zero-order valence-electron chi connectivity index (χ0n) is 15.8. The Balaban J connectivity index is 1.78. The molecule has 0 bridgehead atoms. The van der Waals surface area contributed by atoms with Crippen molar-refractivity contribution in [3.05, 3.63) is 101 Å². The van der Waals surface area contributed by atoms with E-state index < -0.39 is 0 Å². The van der Waals surface area contributed by atoms with Crippen LogP contribution in [0.4, 0.5) is 5.69 Å². The molecule has 0 aliphatic carbocycles. The van der Waals surface area contributed by atoms with E-state index in [4.69, 9.17) is 4.74 Å². The highest BCUT2D eigenvalue weighted by atomic mass is 16.5. The number of hydrogen-bond acceptors (Lipinski definition) is 3. The fraction of sp³-hybridized carbons (Fsp3) is 0.0833. The zero-order valence-corrected chi connectivity index (χ0v) is 15.8. The highest BCUT2D eigenvalue weighted by molar-refractivity contribution is 6.33. The van der Waals surface area contributed by atoms with Gasteiger partial charge in [0.25, 0.3) is 5.91 Å². The number of carbonyl (C=O) groups excluding carboxylic acids is 1. The van der Waals surface area contributed by atoms with Gasteiger partial charge < -0.3 is 4.74 Å². The van der Waals surface area contributed by atoms with Gasteiger partial charge in [0, 0.05) is 5.56 Å². The van der Waals surface area contributed by atoms with E-state index >= 15 is 0 Å². The van der Waals surface area contributed by atoms with E-state index in [0.29, 0.717) is 11.5 Å². The van der Waals surface area contributed by atoms with Gasteiger partial charge in [0.1, 0.15) is 17.3 Å². The van der Waals surface area contributed by atoms with Gasteiger partial charge in [-0.1, -0.05) is 60.2 Å². The molecule has 1 aliphatic rings. The zero-order chi connectivity index (χ0) is 19.5. The molecule has 0 saturated carbocycles. The number of nitrogens with zero attached hydrogens (tertiary/aromatic N) is 2. The van der Waals surface area contributed by atoms with Gasteiger partial charge in [0.05, 0.1) is 12.8 Å². The quantitative estimate of drug-likeness (QED) is 0.619. The largest absolute Gasteiger partial charge is 0.497 e. The number of hydrogen-bond donors (Lipinski definition) is 0.